The molecule has 0 radical (unpaired) electrons. The third-order valence-electron chi connectivity index (χ3n) is 5.09. The maximum Gasteiger partial charge on any atom is 0.255 e. The van der Waals surface area contributed by atoms with Gasteiger partial charge in [-0.25, -0.2) is 0 Å². The average Bonchev–Trinajstić information content (AvgIpc) is 2.90. The number of likely N-dealkylation sites (tertiary alicyclic amines) is 1. The number of carbonyl (C=O) groups excluding carboxylic acids is 1. The van der Waals surface area contributed by atoms with Gasteiger partial charge in [-0.3, -0.25) is 9.78 Å². The molecule has 1 aliphatic heterocycles. The standard InChI is InChI=1S/C19H26N4O.2ClH/c1-14-11-18(19(24)22-9-6-16(12-20)7-10-22)15(2)23(14)13-17-5-3-4-8-21-17;;/h3-5,8,11,16H,6-7,9-10,12-13,20H2,1-2H3;2*1H. The number of hydrogen-bond donors (Lipinski definition) is 1. The van der Waals surface area contributed by atoms with Gasteiger partial charge in [0, 0.05) is 30.7 Å². The van der Waals surface area contributed by atoms with Gasteiger partial charge < -0.3 is 15.2 Å². The number of pyridine rings is 1. The SMILES string of the molecule is Cc1cc(C(=O)N2CCC(CN)CC2)c(C)n1Cc1ccccn1.Cl.Cl. The van der Waals surface area contributed by atoms with Crippen LogP contribution in [0.4, 0.5) is 0 Å². The van der Waals surface area contributed by atoms with Crippen molar-refractivity contribution in [3.8, 4) is 0 Å². The summed E-state index contributed by atoms with van der Waals surface area (Å²) in [6.45, 7) is 7.11. The first-order chi connectivity index (χ1) is 11.6. The lowest BCUT2D eigenvalue weighted by Crippen LogP contribution is -2.40. The molecule has 0 spiro atoms. The van der Waals surface area contributed by atoms with E-state index in [-0.39, 0.29) is 30.7 Å². The van der Waals surface area contributed by atoms with Gasteiger partial charge in [-0.2, -0.15) is 0 Å². The Morgan fingerprint density at radius 2 is 1.92 bits per heavy atom. The normalized spacial score (nSPS) is 14.5. The van der Waals surface area contributed by atoms with E-state index in [1.807, 2.05) is 43.0 Å². The number of nitrogens with two attached hydrogens (primary N) is 1. The zero-order valence-electron chi connectivity index (χ0n) is 15.4. The molecule has 0 unspecified atom stereocenters. The molecular formula is C19H28Cl2N4O. The minimum absolute atomic E-state index is 0. The van der Waals surface area contributed by atoms with E-state index >= 15 is 0 Å². The molecule has 3 rings (SSSR count). The van der Waals surface area contributed by atoms with Crippen molar-refractivity contribution in [3.63, 3.8) is 0 Å². The fraction of sp³-hybridized carbons (Fsp3) is 0.474. The Kier molecular flexibility index (Phi) is 8.60. The molecule has 144 valence electrons. The van der Waals surface area contributed by atoms with Gasteiger partial charge >= 0.3 is 0 Å². The van der Waals surface area contributed by atoms with E-state index in [2.05, 4.69) is 9.55 Å². The number of amides is 1. The summed E-state index contributed by atoms with van der Waals surface area (Å²) in [7, 11) is 0. The van der Waals surface area contributed by atoms with Gasteiger partial charge in [-0.15, -0.1) is 24.8 Å². The molecule has 1 aliphatic rings. The largest absolute Gasteiger partial charge is 0.342 e. The van der Waals surface area contributed by atoms with Crippen molar-refractivity contribution in [2.45, 2.75) is 33.2 Å². The highest BCUT2D eigenvalue weighted by Gasteiger charge is 2.25. The van der Waals surface area contributed by atoms with E-state index in [4.69, 9.17) is 5.73 Å². The molecule has 7 heteroatoms. The van der Waals surface area contributed by atoms with E-state index in [0.717, 1.165) is 55.1 Å². The van der Waals surface area contributed by atoms with Crippen molar-refractivity contribution in [2.75, 3.05) is 19.6 Å². The first-order valence-corrected chi connectivity index (χ1v) is 8.66. The van der Waals surface area contributed by atoms with Crippen LogP contribution in [-0.4, -0.2) is 40.0 Å². The summed E-state index contributed by atoms with van der Waals surface area (Å²) in [5.74, 6) is 0.705. The molecule has 1 fully saturated rings. The third kappa shape index (κ3) is 4.78. The summed E-state index contributed by atoms with van der Waals surface area (Å²) in [6, 6.07) is 7.93. The van der Waals surface area contributed by atoms with E-state index in [0.29, 0.717) is 12.5 Å². The van der Waals surface area contributed by atoms with Crippen molar-refractivity contribution < 1.29 is 4.79 Å². The van der Waals surface area contributed by atoms with Gasteiger partial charge in [0.2, 0.25) is 0 Å². The number of halogens is 2. The van der Waals surface area contributed by atoms with Crippen LogP contribution in [0.5, 0.6) is 0 Å². The second-order valence-electron chi connectivity index (χ2n) is 6.66. The zero-order valence-corrected chi connectivity index (χ0v) is 17.0. The summed E-state index contributed by atoms with van der Waals surface area (Å²) in [4.78, 5) is 19.3. The van der Waals surface area contributed by atoms with E-state index in [1.165, 1.54) is 0 Å². The van der Waals surface area contributed by atoms with Crippen molar-refractivity contribution in [1.82, 2.24) is 14.5 Å². The predicted molar refractivity (Wildman–Crippen MR) is 109 cm³/mol. The first-order valence-electron chi connectivity index (χ1n) is 8.66. The summed E-state index contributed by atoms with van der Waals surface area (Å²) < 4.78 is 2.17. The van der Waals surface area contributed by atoms with Crippen LogP contribution in [-0.2, 0) is 6.54 Å². The topological polar surface area (TPSA) is 64.2 Å². The molecule has 1 saturated heterocycles. The molecule has 2 N–H and O–H groups in total. The highest BCUT2D eigenvalue weighted by molar-refractivity contribution is 5.95. The van der Waals surface area contributed by atoms with Crippen LogP contribution >= 0.6 is 24.8 Å². The Morgan fingerprint density at radius 1 is 1.23 bits per heavy atom. The minimum Gasteiger partial charge on any atom is -0.342 e. The third-order valence-corrected chi connectivity index (χ3v) is 5.09. The lowest BCUT2D eigenvalue weighted by atomic mass is 9.96. The van der Waals surface area contributed by atoms with Gasteiger partial charge in [0.15, 0.2) is 0 Å². The second kappa shape index (κ2) is 9.95. The molecule has 0 saturated carbocycles. The molecule has 2 aromatic heterocycles. The Bertz CT molecular complexity index is 710. The number of carbonyl (C=O) groups is 1. The Morgan fingerprint density at radius 3 is 2.50 bits per heavy atom. The van der Waals surface area contributed by atoms with Crippen LogP contribution in [0.2, 0.25) is 0 Å². The van der Waals surface area contributed by atoms with Gasteiger partial charge in [0.25, 0.3) is 5.91 Å². The minimum atomic E-state index is 0. The Hall–Kier alpha value is -1.56. The molecule has 3 heterocycles. The van der Waals surface area contributed by atoms with E-state index in [9.17, 15) is 4.79 Å². The van der Waals surface area contributed by atoms with Crippen molar-refractivity contribution in [2.24, 2.45) is 11.7 Å². The average molecular weight is 399 g/mol. The van der Waals surface area contributed by atoms with Gasteiger partial charge in [-0.05, 0) is 57.4 Å². The summed E-state index contributed by atoms with van der Waals surface area (Å²) >= 11 is 0. The number of nitrogens with zero attached hydrogens (tertiary/aromatic N) is 3. The van der Waals surface area contributed by atoms with Crippen molar-refractivity contribution >= 4 is 30.7 Å². The molecule has 0 atom stereocenters. The van der Waals surface area contributed by atoms with Crippen LogP contribution in [0.15, 0.2) is 30.5 Å². The zero-order chi connectivity index (χ0) is 17.1. The maximum atomic E-state index is 12.9. The van der Waals surface area contributed by atoms with Crippen molar-refractivity contribution in [3.05, 3.63) is 53.1 Å². The predicted octanol–water partition coefficient (Wildman–Crippen LogP) is 3.20. The lowest BCUT2D eigenvalue weighted by molar-refractivity contribution is 0.0692. The number of hydrogen-bond acceptors (Lipinski definition) is 3. The Balaban J connectivity index is 0.00000169. The number of aryl methyl sites for hydroxylation is 1. The van der Waals surface area contributed by atoms with Gasteiger partial charge in [0.05, 0.1) is 17.8 Å². The van der Waals surface area contributed by atoms with E-state index in [1.54, 1.807) is 6.20 Å². The van der Waals surface area contributed by atoms with Gasteiger partial charge in [-0.1, -0.05) is 6.07 Å². The highest BCUT2D eigenvalue weighted by Crippen LogP contribution is 2.22. The fourth-order valence-corrected chi connectivity index (χ4v) is 3.46. The van der Waals surface area contributed by atoms with Crippen LogP contribution in [0.1, 0.15) is 40.3 Å². The number of rotatable bonds is 4. The van der Waals surface area contributed by atoms with Crippen LogP contribution < -0.4 is 5.73 Å². The highest BCUT2D eigenvalue weighted by atomic mass is 35.5. The first kappa shape index (κ1) is 22.5. The molecule has 0 bridgehead atoms. The Labute approximate surface area is 167 Å². The molecule has 0 aromatic carbocycles. The van der Waals surface area contributed by atoms with Crippen molar-refractivity contribution in [1.29, 1.82) is 0 Å². The molecule has 2 aromatic rings. The van der Waals surface area contributed by atoms with E-state index < -0.39 is 0 Å². The van der Waals surface area contributed by atoms with Gasteiger partial charge in [0.1, 0.15) is 0 Å². The number of piperidine rings is 1. The molecule has 26 heavy (non-hydrogen) atoms. The molecule has 5 nitrogen and oxygen atoms in total. The monoisotopic (exact) mass is 398 g/mol. The summed E-state index contributed by atoms with van der Waals surface area (Å²) in [5.41, 5.74) is 9.67. The second-order valence-corrected chi connectivity index (χ2v) is 6.66. The van der Waals surface area contributed by atoms with Crippen LogP contribution in [0.3, 0.4) is 0 Å². The lowest BCUT2D eigenvalue weighted by Gasteiger charge is -2.31. The summed E-state index contributed by atoms with van der Waals surface area (Å²) in [6.07, 6.45) is 3.82. The smallest absolute Gasteiger partial charge is 0.255 e. The summed E-state index contributed by atoms with van der Waals surface area (Å²) in [5, 5.41) is 0. The quantitative estimate of drug-likeness (QED) is 0.859. The van der Waals surface area contributed by atoms with Crippen LogP contribution in [0.25, 0.3) is 0 Å². The molecule has 0 aliphatic carbocycles. The molecule has 1 amide bonds. The number of aromatic nitrogens is 2. The maximum absolute atomic E-state index is 12.9. The fourth-order valence-electron chi connectivity index (χ4n) is 3.46. The van der Waals surface area contributed by atoms with Crippen LogP contribution in [0, 0.1) is 19.8 Å². The molecular weight excluding hydrogens is 371 g/mol.